The number of halogens is 2. The molecule has 2 aromatic rings. The first kappa shape index (κ1) is 21.4. The Bertz CT molecular complexity index is 733. The molecule has 7 heteroatoms. The van der Waals surface area contributed by atoms with Gasteiger partial charge in [-0.05, 0) is 48.9 Å². The fourth-order valence-corrected chi connectivity index (χ4v) is 3.00. The Morgan fingerprint density at radius 1 is 1.15 bits per heavy atom. The van der Waals surface area contributed by atoms with Gasteiger partial charge in [0.15, 0.2) is 5.96 Å². The number of nitrogens with one attached hydrogen (secondary N) is 2. The summed E-state index contributed by atoms with van der Waals surface area (Å²) in [5, 5.41) is 6.40. The molecule has 0 radical (unpaired) electrons. The van der Waals surface area contributed by atoms with Crippen molar-refractivity contribution in [1.82, 2.24) is 15.6 Å². The number of hydrogen-bond acceptors (Lipinski definition) is 3. The van der Waals surface area contributed by atoms with E-state index in [1.54, 1.807) is 13.1 Å². The van der Waals surface area contributed by atoms with Crippen LogP contribution in [-0.4, -0.2) is 24.1 Å². The van der Waals surface area contributed by atoms with Crippen molar-refractivity contribution in [2.75, 3.05) is 7.05 Å². The van der Waals surface area contributed by atoms with Crippen molar-refractivity contribution in [3.63, 3.8) is 0 Å². The molecule has 1 aromatic carbocycles. The summed E-state index contributed by atoms with van der Waals surface area (Å²) in [4.78, 5) is 8.57. The third-order valence-corrected chi connectivity index (χ3v) is 4.42. The van der Waals surface area contributed by atoms with Gasteiger partial charge in [-0.2, -0.15) is 0 Å². The first-order valence-electron chi connectivity index (χ1n) is 9.03. The van der Waals surface area contributed by atoms with Gasteiger partial charge in [-0.1, -0.05) is 18.2 Å². The van der Waals surface area contributed by atoms with Gasteiger partial charge in [0.1, 0.15) is 11.9 Å². The zero-order chi connectivity index (χ0) is 18.2. The van der Waals surface area contributed by atoms with E-state index in [-0.39, 0.29) is 29.8 Å². The van der Waals surface area contributed by atoms with E-state index in [0.29, 0.717) is 31.0 Å². The fraction of sp³-hybridized carbons (Fsp3) is 0.400. The Kier molecular flexibility index (Phi) is 8.77. The van der Waals surface area contributed by atoms with E-state index < -0.39 is 0 Å². The van der Waals surface area contributed by atoms with Gasteiger partial charge in [0.05, 0.1) is 0 Å². The van der Waals surface area contributed by atoms with Crippen molar-refractivity contribution in [2.24, 2.45) is 4.99 Å². The fourth-order valence-electron chi connectivity index (χ4n) is 3.00. The molecule has 0 spiro atoms. The molecule has 27 heavy (non-hydrogen) atoms. The Hall–Kier alpha value is -1.90. The molecule has 1 fully saturated rings. The number of pyridine rings is 1. The second-order valence-corrected chi connectivity index (χ2v) is 6.44. The molecule has 146 valence electrons. The largest absolute Gasteiger partial charge is 0.474 e. The molecular weight excluding hydrogens is 458 g/mol. The molecule has 0 unspecified atom stereocenters. The summed E-state index contributed by atoms with van der Waals surface area (Å²) in [5.41, 5.74) is 1.90. The second-order valence-electron chi connectivity index (χ2n) is 6.44. The first-order valence-corrected chi connectivity index (χ1v) is 9.03. The van der Waals surface area contributed by atoms with Crippen molar-refractivity contribution >= 4 is 29.9 Å². The van der Waals surface area contributed by atoms with Gasteiger partial charge in [-0.25, -0.2) is 9.37 Å². The number of nitrogens with zero attached hydrogens (tertiary/aromatic N) is 2. The van der Waals surface area contributed by atoms with Crippen LogP contribution in [0.2, 0.25) is 0 Å². The first-order chi connectivity index (χ1) is 12.7. The summed E-state index contributed by atoms with van der Waals surface area (Å²) in [7, 11) is 1.71. The normalized spacial score (nSPS) is 14.5. The predicted octanol–water partition coefficient (Wildman–Crippen LogP) is 4.03. The van der Waals surface area contributed by atoms with Crippen LogP contribution in [-0.2, 0) is 13.1 Å². The molecular formula is C20H26FIN4O. The SMILES string of the molecule is CN=C(NCc1ccc(OC2CCCC2)nc1)NCc1cccc(F)c1.I. The van der Waals surface area contributed by atoms with Crippen molar-refractivity contribution in [3.05, 3.63) is 59.5 Å². The van der Waals surface area contributed by atoms with Crippen LogP contribution in [0.25, 0.3) is 0 Å². The van der Waals surface area contributed by atoms with E-state index >= 15 is 0 Å². The lowest BCUT2D eigenvalue weighted by Crippen LogP contribution is -2.36. The minimum Gasteiger partial charge on any atom is -0.474 e. The molecule has 1 saturated carbocycles. The number of guanidine groups is 1. The number of hydrogen-bond donors (Lipinski definition) is 2. The predicted molar refractivity (Wildman–Crippen MR) is 116 cm³/mol. The molecule has 1 heterocycles. The molecule has 0 aliphatic heterocycles. The highest BCUT2D eigenvalue weighted by molar-refractivity contribution is 14.0. The molecule has 0 amide bonds. The lowest BCUT2D eigenvalue weighted by atomic mass is 10.2. The topological polar surface area (TPSA) is 58.5 Å². The molecule has 0 bridgehead atoms. The number of benzene rings is 1. The smallest absolute Gasteiger partial charge is 0.213 e. The summed E-state index contributed by atoms with van der Waals surface area (Å²) >= 11 is 0. The van der Waals surface area contributed by atoms with Gasteiger partial charge in [0.25, 0.3) is 0 Å². The van der Waals surface area contributed by atoms with E-state index in [0.717, 1.165) is 24.0 Å². The van der Waals surface area contributed by atoms with Crippen LogP contribution in [0.5, 0.6) is 5.88 Å². The van der Waals surface area contributed by atoms with Gasteiger partial charge >= 0.3 is 0 Å². The molecule has 5 nitrogen and oxygen atoms in total. The number of ether oxygens (including phenoxy) is 1. The van der Waals surface area contributed by atoms with Crippen molar-refractivity contribution < 1.29 is 9.13 Å². The average molecular weight is 484 g/mol. The van der Waals surface area contributed by atoms with Crippen molar-refractivity contribution in [2.45, 2.75) is 44.9 Å². The summed E-state index contributed by atoms with van der Waals surface area (Å²) in [6.45, 7) is 1.10. The summed E-state index contributed by atoms with van der Waals surface area (Å²) in [6.07, 6.45) is 6.87. The average Bonchev–Trinajstić information content (AvgIpc) is 3.16. The van der Waals surface area contributed by atoms with Crippen LogP contribution in [0.15, 0.2) is 47.6 Å². The molecule has 2 N–H and O–H groups in total. The standard InChI is InChI=1S/C20H25FN4O.HI/c1-22-20(24-12-15-5-4-6-17(21)11-15)25-14-16-9-10-19(23-13-16)26-18-7-2-3-8-18;/h4-6,9-11,13,18H,2-3,7-8,12,14H2,1H3,(H2,22,24,25);1H. The quantitative estimate of drug-likeness (QED) is 0.370. The lowest BCUT2D eigenvalue weighted by molar-refractivity contribution is 0.201. The maximum absolute atomic E-state index is 13.2. The monoisotopic (exact) mass is 484 g/mol. The van der Waals surface area contributed by atoms with E-state index in [1.807, 2.05) is 24.4 Å². The van der Waals surface area contributed by atoms with Crippen LogP contribution in [0, 0.1) is 5.82 Å². The zero-order valence-corrected chi connectivity index (χ0v) is 17.8. The number of aliphatic imine (C=N–C) groups is 1. The van der Waals surface area contributed by atoms with Crippen molar-refractivity contribution in [3.8, 4) is 5.88 Å². The molecule has 1 aromatic heterocycles. The third-order valence-electron chi connectivity index (χ3n) is 4.42. The van der Waals surface area contributed by atoms with Crippen LogP contribution in [0.4, 0.5) is 4.39 Å². The third kappa shape index (κ3) is 6.97. The highest BCUT2D eigenvalue weighted by atomic mass is 127. The van der Waals surface area contributed by atoms with E-state index in [1.165, 1.54) is 25.0 Å². The number of aromatic nitrogens is 1. The van der Waals surface area contributed by atoms with Gasteiger partial charge in [-0.15, -0.1) is 24.0 Å². The lowest BCUT2D eigenvalue weighted by Gasteiger charge is -2.13. The molecule has 1 aliphatic carbocycles. The summed E-state index contributed by atoms with van der Waals surface area (Å²) < 4.78 is 19.1. The Balaban J connectivity index is 0.00000261. The Morgan fingerprint density at radius 3 is 2.52 bits per heavy atom. The van der Waals surface area contributed by atoms with Gasteiger partial charge in [-0.3, -0.25) is 4.99 Å². The van der Waals surface area contributed by atoms with Crippen LogP contribution in [0.1, 0.15) is 36.8 Å². The minimum atomic E-state index is -0.238. The highest BCUT2D eigenvalue weighted by Gasteiger charge is 2.16. The van der Waals surface area contributed by atoms with Crippen LogP contribution < -0.4 is 15.4 Å². The second kappa shape index (κ2) is 11.1. The highest BCUT2D eigenvalue weighted by Crippen LogP contribution is 2.22. The van der Waals surface area contributed by atoms with Crippen molar-refractivity contribution in [1.29, 1.82) is 0 Å². The maximum Gasteiger partial charge on any atom is 0.213 e. The Morgan fingerprint density at radius 2 is 1.89 bits per heavy atom. The van der Waals surface area contributed by atoms with Gasteiger partial charge < -0.3 is 15.4 Å². The van der Waals surface area contributed by atoms with E-state index in [9.17, 15) is 4.39 Å². The van der Waals surface area contributed by atoms with E-state index in [2.05, 4.69) is 20.6 Å². The molecule has 0 atom stereocenters. The van der Waals surface area contributed by atoms with E-state index in [4.69, 9.17) is 4.74 Å². The Labute approximate surface area is 176 Å². The van der Waals surface area contributed by atoms with Gasteiger partial charge in [0, 0.05) is 32.4 Å². The maximum atomic E-state index is 13.2. The minimum absolute atomic E-state index is 0. The zero-order valence-electron chi connectivity index (χ0n) is 15.5. The summed E-state index contributed by atoms with van der Waals surface area (Å²) in [5.74, 6) is 1.10. The van der Waals surface area contributed by atoms with Crippen LogP contribution in [0.3, 0.4) is 0 Å². The van der Waals surface area contributed by atoms with Gasteiger partial charge in [0.2, 0.25) is 5.88 Å². The molecule has 0 saturated heterocycles. The van der Waals surface area contributed by atoms with Crippen LogP contribution >= 0.6 is 24.0 Å². The summed E-state index contributed by atoms with van der Waals surface area (Å²) in [6, 6.07) is 10.4. The molecule has 3 rings (SSSR count). The number of rotatable bonds is 6. The molecule has 1 aliphatic rings.